The van der Waals surface area contributed by atoms with Gasteiger partial charge < -0.3 is 15.0 Å². The molecule has 2 rings (SSSR count). The van der Waals surface area contributed by atoms with Crippen LogP contribution in [-0.2, 0) is 12.8 Å². The summed E-state index contributed by atoms with van der Waals surface area (Å²) in [7, 11) is 1.77. The summed E-state index contributed by atoms with van der Waals surface area (Å²) in [6.07, 6.45) is 4.69. The second-order valence-corrected chi connectivity index (χ2v) is 5.55. The molecule has 1 aromatic carbocycles. The average Bonchev–Trinajstić information content (AvgIpc) is 2.76. The van der Waals surface area contributed by atoms with E-state index in [1.165, 1.54) is 50.1 Å². The highest BCUT2D eigenvalue weighted by Gasteiger charge is 2.09. The number of aryl methyl sites for hydroxylation is 2. The van der Waals surface area contributed by atoms with E-state index in [0.717, 1.165) is 25.1 Å². The van der Waals surface area contributed by atoms with Crippen LogP contribution in [0.15, 0.2) is 18.2 Å². The molecular weight excluding hydrogens is 248 g/mol. The molecule has 1 saturated heterocycles. The van der Waals surface area contributed by atoms with Gasteiger partial charge >= 0.3 is 0 Å². The smallest absolute Gasteiger partial charge is 0.122 e. The van der Waals surface area contributed by atoms with E-state index < -0.39 is 0 Å². The maximum Gasteiger partial charge on any atom is 0.122 e. The van der Waals surface area contributed by atoms with Crippen LogP contribution in [0.5, 0.6) is 5.75 Å². The van der Waals surface area contributed by atoms with E-state index in [9.17, 15) is 0 Å². The molecule has 0 saturated carbocycles. The summed E-state index contributed by atoms with van der Waals surface area (Å²) in [4.78, 5) is 2.58. The molecule has 0 bridgehead atoms. The molecule has 0 aliphatic carbocycles. The minimum atomic E-state index is 1.04. The van der Waals surface area contributed by atoms with Gasteiger partial charge in [-0.25, -0.2) is 0 Å². The van der Waals surface area contributed by atoms with Crippen molar-refractivity contribution in [2.75, 3.05) is 39.8 Å². The molecule has 1 fully saturated rings. The minimum absolute atomic E-state index is 1.04. The maximum atomic E-state index is 5.48. The Labute approximate surface area is 123 Å². The Morgan fingerprint density at radius 3 is 2.95 bits per heavy atom. The third-order valence-electron chi connectivity index (χ3n) is 4.11. The molecule has 0 atom stereocenters. The van der Waals surface area contributed by atoms with Crippen molar-refractivity contribution in [1.82, 2.24) is 10.2 Å². The number of hydrogen-bond acceptors (Lipinski definition) is 3. The second kappa shape index (κ2) is 8.28. The molecule has 0 unspecified atom stereocenters. The Kier molecular flexibility index (Phi) is 6.34. The predicted molar refractivity (Wildman–Crippen MR) is 84.6 cm³/mol. The molecule has 0 radical (unpaired) electrons. The number of rotatable bonds is 6. The van der Waals surface area contributed by atoms with Crippen LogP contribution in [0.1, 0.15) is 30.9 Å². The van der Waals surface area contributed by atoms with Gasteiger partial charge in [-0.3, -0.25) is 0 Å². The fraction of sp³-hybridized carbons (Fsp3) is 0.647. The van der Waals surface area contributed by atoms with Crippen LogP contribution in [-0.4, -0.2) is 44.7 Å². The summed E-state index contributed by atoms with van der Waals surface area (Å²) in [6.45, 7) is 8.12. The first-order valence-corrected chi connectivity index (χ1v) is 7.92. The van der Waals surface area contributed by atoms with Crippen LogP contribution in [0.4, 0.5) is 0 Å². The largest absolute Gasteiger partial charge is 0.496 e. The molecule has 1 aromatic rings. The molecule has 0 amide bonds. The van der Waals surface area contributed by atoms with Crippen LogP contribution >= 0.6 is 0 Å². The normalized spacial score (nSPS) is 16.9. The van der Waals surface area contributed by atoms with Crippen molar-refractivity contribution in [2.45, 2.75) is 32.6 Å². The maximum absolute atomic E-state index is 5.48. The molecule has 3 heteroatoms. The van der Waals surface area contributed by atoms with Gasteiger partial charge in [0.25, 0.3) is 0 Å². The fourth-order valence-electron chi connectivity index (χ4n) is 2.87. The first-order valence-electron chi connectivity index (χ1n) is 7.92. The van der Waals surface area contributed by atoms with Crippen LogP contribution in [0, 0.1) is 0 Å². The first kappa shape index (κ1) is 15.3. The zero-order valence-electron chi connectivity index (χ0n) is 13.0. The zero-order valence-corrected chi connectivity index (χ0v) is 13.0. The Bertz CT molecular complexity index is 398. The number of ether oxygens (including phenoxy) is 1. The van der Waals surface area contributed by atoms with Crippen LogP contribution in [0.25, 0.3) is 0 Å². The number of hydrogen-bond donors (Lipinski definition) is 1. The van der Waals surface area contributed by atoms with Gasteiger partial charge in [0.05, 0.1) is 7.11 Å². The third kappa shape index (κ3) is 4.50. The van der Waals surface area contributed by atoms with Crippen LogP contribution in [0.3, 0.4) is 0 Å². The molecular formula is C17H28N2O. The summed E-state index contributed by atoms with van der Waals surface area (Å²) >= 11 is 0. The van der Waals surface area contributed by atoms with Gasteiger partial charge in [0.15, 0.2) is 0 Å². The molecule has 1 heterocycles. The van der Waals surface area contributed by atoms with Crippen LogP contribution in [0.2, 0.25) is 0 Å². The Morgan fingerprint density at radius 1 is 1.25 bits per heavy atom. The van der Waals surface area contributed by atoms with E-state index in [-0.39, 0.29) is 0 Å². The lowest BCUT2D eigenvalue weighted by Crippen LogP contribution is -2.29. The van der Waals surface area contributed by atoms with Crippen molar-refractivity contribution in [3.05, 3.63) is 29.3 Å². The van der Waals surface area contributed by atoms with E-state index in [1.54, 1.807) is 7.11 Å². The summed E-state index contributed by atoms with van der Waals surface area (Å²) < 4.78 is 5.48. The highest BCUT2D eigenvalue weighted by atomic mass is 16.5. The third-order valence-corrected chi connectivity index (χ3v) is 4.11. The van der Waals surface area contributed by atoms with Crippen molar-refractivity contribution in [1.29, 1.82) is 0 Å². The van der Waals surface area contributed by atoms with Gasteiger partial charge in [-0.05, 0) is 62.5 Å². The van der Waals surface area contributed by atoms with Gasteiger partial charge in [-0.15, -0.1) is 0 Å². The Hall–Kier alpha value is -1.06. The van der Waals surface area contributed by atoms with E-state index in [0.29, 0.717) is 0 Å². The lowest BCUT2D eigenvalue weighted by molar-refractivity contribution is 0.288. The van der Waals surface area contributed by atoms with Gasteiger partial charge in [-0.1, -0.05) is 19.1 Å². The van der Waals surface area contributed by atoms with Gasteiger partial charge in [-0.2, -0.15) is 0 Å². The van der Waals surface area contributed by atoms with Gasteiger partial charge in [0.1, 0.15) is 5.75 Å². The van der Waals surface area contributed by atoms with Crippen molar-refractivity contribution in [3.63, 3.8) is 0 Å². The second-order valence-electron chi connectivity index (χ2n) is 5.55. The van der Waals surface area contributed by atoms with E-state index >= 15 is 0 Å². The lowest BCUT2D eigenvalue weighted by atomic mass is 10.0. The minimum Gasteiger partial charge on any atom is -0.496 e. The fourth-order valence-corrected chi connectivity index (χ4v) is 2.87. The molecule has 1 N–H and O–H groups in total. The number of benzene rings is 1. The molecule has 1 aliphatic heterocycles. The van der Waals surface area contributed by atoms with Gasteiger partial charge in [0, 0.05) is 13.1 Å². The lowest BCUT2D eigenvalue weighted by Gasteiger charge is -2.19. The molecule has 20 heavy (non-hydrogen) atoms. The number of methoxy groups -OCH3 is 1. The van der Waals surface area contributed by atoms with E-state index in [2.05, 4.69) is 35.3 Å². The summed E-state index contributed by atoms with van der Waals surface area (Å²) in [6, 6.07) is 6.59. The van der Waals surface area contributed by atoms with Crippen molar-refractivity contribution < 1.29 is 4.74 Å². The molecule has 3 nitrogen and oxygen atoms in total. The topological polar surface area (TPSA) is 24.5 Å². The highest BCUT2D eigenvalue weighted by Crippen LogP contribution is 2.21. The number of nitrogens with zero attached hydrogens (tertiary/aromatic N) is 1. The van der Waals surface area contributed by atoms with Crippen molar-refractivity contribution in [3.8, 4) is 5.75 Å². The summed E-state index contributed by atoms with van der Waals surface area (Å²) in [5.41, 5.74) is 2.76. The quantitative estimate of drug-likeness (QED) is 0.864. The monoisotopic (exact) mass is 276 g/mol. The highest BCUT2D eigenvalue weighted by molar-refractivity contribution is 5.37. The summed E-state index contributed by atoms with van der Waals surface area (Å²) in [5, 5.41) is 3.46. The van der Waals surface area contributed by atoms with E-state index in [4.69, 9.17) is 4.74 Å². The van der Waals surface area contributed by atoms with Gasteiger partial charge in [0.2, 0.25) is 0 Å². The van der Waals surface area contributed by atoms with E-state index in [1.807, 2.05) is 0 Å². The Balaban J connectivity index is 1.86. The standard InChI is InChI=1S/C17H28N2O/c1-3-15-7-8-17(20-2)16(14-15)6-4-11-19-12-5-9-18-10-13-19/h7-8,14,18H,3-6,9-13H2,1-2H3. The summed E-state index contributed by atoms with van der Waals surface area (Å²) in [5.74, 6) is 1.04. The van der Waals surface area contributed by atoms with Crippen molar-refractivity contribution in [2.24, 2.45) is 0 Å². The van der Waals surface area contributed by atoms with Crippen molar-refractivity contribution >= 4 is 0 Å². The Morgan fingerprint density at radius 2 is 2.15 bits per heavy atom. The molecule has 1 aliphatic rings. The SMILES string of the molecule is CCc1ccc(OC)c(CCCN2CCCNCC2)c1. The van der Waals surface area contributed by atoms with Crippen LogP contribution < -0.4 is 10.1 Å². The average molecular weight is 276 g/mol. The molecule has 112 valence electrons. The zero-order chi connectivity index (χ0) is 14.2. The molecule has 0 aromatic heterocycles. The first-order chi connectivity index (χ1) is 9.83. The molecule has 0 spiro atoms. The predicted octanol–water partition coefficient (Wildman–Crippen LogP) is 2.49. The number of nitrogens with one attached hydrogen (secondary N) is 1.